The van der Waals surface area contributed by atoms with Gasteiger partial charge in [0, 0.05) is 24.2 Å². The molecule has 21 heavy (non-hydrogen) atoms. The van der Waals surface area contributed by atoms with Crippen LogP contribution < -0.4 is 10.6 Å². The molecule has 1 aromatic heterocycles. The second-order valence-corrected chi connectivity index (χ2v) is 5.37. The number of hydrogen-bond donors (Lipinski definition) is 2. The molecule has 1 atom stereocenters. The molecule has 4 heteroatoms. The molecule has 1 unspecified atom stereocenters. The lowest BCUT2D eigenvalue weighted by Crippen LogP contribution is -2.42. The fourth-order valence-electron chi connectivity index (χ4n) is 2.15. The van der Waals surface area contributed by atoms with Crippen molar-refractivity contribution in [3.63, 3.8) is 0 Å². The van der Waals surface area contributed by atoms with Crippen molar-refractivity contribution in [2.75, 3.05) is 6.54 Å². The van der Waals surface area contributed by atoms with E-state index in [1.54, 1.807) is 0 Å². The molecule has 2 aromatic rings. The number of pyridine rings is 1. The molecule has 112 valence electrons. The summed E-state index contributed by atoms with van der Waals surface area (Å²) < 4.78 is 0. The van der Waals surface area contributed by atoms with E-state index in [1.165, 1.54) is 0 Å². The predicted molar refractivity (Wildman–Crippen MR) is 86.1 cm³/mol. The van der Waals surface area contributed by atoms with Gasteiger partial charge in [0.05, 0.1) is 11.6 Å². The van der Waals surface area contributed by atoms with Gasteiger partial charge in [-0.05, 0) is 44.0 Å². The third-order valence-corrected chi connectivity index (χ3v) is 3.45. The number of amides is 1. The lowest BCUT2D eigenvalue weighted by Gasteiger charge is -2.14. The number of fused-ring (bicyclic) bond motifs is 1. The molecular formula is C17H23N3O. The largest absolute Gasteiger partial charge is 0.355 e. The van der Waals surface area contributed by atoms with Crippen molar-refractivity contribution in [3.05, 3.63) is 41.6 Å². The number of rotatable bonds is 6. The molecule has 0 radical (unpaired) electrons. The van der Waals surface area contributed by atoms with Crippen molar-refractivity contribution < 1.29 is 4.79 Å². The van der Waals surface area contributed by atoms with Crippen LogP contribution in [-0.4, -0.2) is 23.5 Å². The maximum absolute atomic E-state index is 11.8. The lowest BCUT2D eigenvalue weighted by molar-refractivity contribution is -0.122. The first kappa shape index (κ1) is 15.4. The van der Waals surface area contributed by atoms with Crippen LogP contribution in [0, 0.1) is 6.92 Å². The smallest absolute Gasteiger partial charge is 0.236 e. The minimum Gasteiger partial charge on any atom is -0.355 e. The fraction of sp³-hybridized carbons (Fsp3) is 0.412. The van der Waals surface area contributed by atoms with E-state index in [1.807, 2.05) is 32.9 Å². The molecule has 0 aliphatic carbocycles. The summed E-state index contributed by atoms with van der Waals surface area (Å²) in [6.45, 7) is 7.32. The van der Waals surface area contributed by atoms with Crippen LogP contribution in [0.3, 0.4) is 0 Å². The van der Waals surface area contributed by atoms with Crippen molar-refractivity contribution in [1.29, 1.82) is 0 Å². The molecular weight excluding hydrogens is 262 g/mol. The van der Waals surface area contributed by atoms with Crippen LogP contribution in [0.2, 0.25) is 0 Å². The van der Waals surface area contributed by atoms with E-state index in [2.05, 4.69) is 33.8 Å². The Kier molecular flexibility index (Phi) is 5.28. The van der Waals surface area contributed by atoms with Crippen molar-refractivity contribution in [2.45, 2.75) is 39.8 Å². The maximum atomic E-state index is 11.8. The molecule has 2 rings (SSSR count). The lowest BCUT2D eigenvalue weighted by atomic mass is 10.1. The Morgan fingerprint density at radius 1 is 1.29 bits per heavy atom. The first-order chi connectivity index (χ1) is 10.1. The predicted octanol–water partition coefficient (Wildman–Crippen LogP) is 2.55. The summed E-state index contributed by atoms with van der Waals surface area (Å²) in [5.41, 5.74) is 3.19. The molecule has 0 saturated heterocycles. The summed E-state index contributed by atoms with van der Waals surface area (Å²) in [6, 6.07) is 10.1. The molecule has 2 N–H and O–H groups in total. The minimum absolute atomic E-state index is 0.0509. The van der Waals surface area contributed by atoms with Crippen molar-refractivity contribution >= 4 is 16.8 Å². The van der Waals surface area contributed by atoms with Gasteiger partial charge < -0.3 is 10.6 Å². The summed E-state index contributed by atoms with van der Waals surface area (Å²) in [5.74, 6) is 0.0509. The molecule has 4 nitrogen and oxygen atoms in total. The Balaban J connectivity index is 1.97. The van der Waals surface area contributed by atoms with E-state index in [4.69, 9.17) is 0 Å². The monoisotopic (exact) mass is 285 g/mol. The van der Waals surface area contributed by atoms with E-state index < -0.39 is 0 Å². The number of hydrogen-bond acceptors (Lipinski definition) is 3. The number of aromatic nitrogens is 1. The van der Waals surface area contributed by atoms with Crippen LogP contribution in [0.25, 0.3) is 10.9 Å². The van der Waals surface area contributed by atoms with Gasteiger partial charge in [-0.2, -0.15) is 0 Å². The van der Waals surface area contributed by atoms with Gasteiger partial charge in [0.25, 0.3) is 0 Å². The Bertz CT molecular complexity index is 624. The first-order valence-electron chi connectivity index (χ1n) is 7.47. The van der Waals surface area contributed by atoms with Gasteiger partial charge in [0.2, 0.25) is 5.91 Å². The van der Waals surface area contributed by atoms with Crippen LogP contribution >= 0.6 is 0 Å². The molecule has 1 heterocycles. The molecule has 0 saturated carbocycles. The number of nitrogens with one attached hydrogen (secondary N) is 2. The van der Waals surface area contributed by atoms with Crippen LogP contribution in [-0.2, 0) is 11.3 Å². The zero-order chi connectivity index (χ0) is 15.2. The third kappa shape index (κ3) is 4.26. The standard InChI is InChI=1S/C17H23N3O/c1-4-9-18-17(21)13(3)19-11-14-6-8-16-15(10-14)7-5-12(2)20-16/h5-8,10,13,19H,4,9,11H2,1-3H3,(H,18,21). The average Bonchev–Trinajstić information content (AvgIpc) is 2.50. The highest BCUT2D eigenvalue weighted by atomic mass is 16.2. The molecule has 1 amide bonds. The van der Waals surface area contributed by atoms with E-state index in [0.717, 1.165) is 35.1 Å². The highest BCUT2D eigenvalue weighted by Crippen LogP contribution is 2.14. The number of benzene rings is 1. The van der Waals surface area contributed by atoms with Gasteiger partial charge in [-0.1, -0.05) is 19.1 Å². The van der Waals surface area contributed by atoms with Gasteiger partial charge in [0.1, 0.15) is 0 Å². The number of aryl methyl sites for hydroxylation is 1. The minimum atomic E-state index is -0.191. The number of carbonyl (C=O) groups excluding carboxylic acids is 1. The van der Waals surface area contributed by atoms with Gasteiger partial charge in [0.15, 0.2) is 0 Å². The summed E-state index contributed by atoms with van der Waals surface area (Å²) in [5, 5.41) is 7.27. The molecule has 0 fully saturated rings. The second-order valence-electron chi connectivity index (χ2n) is 5.37. The van der Waals surface area contributed by atoms with E-state index in [-0.39, 0.29) is 11.9 Å². The van der Waals surface area contributed by atoms with Crippen LogP contribution in [0.15, 0.2) is 30.3 Å². The summed E-state index contributed by atoms with van der Waals surface area (Å²) in [4.78, 5) is 16.3. The maximum Gasteiger partial charge on any atom is 0.236 e. The Labute approximate surface area is 126 Å². The molecule has 1 aromatic carbocycles. The Morgan fingerprint density at radius 2 is 2.10 bits per heavy atom. The topological polar surface area (TPSA) is 54.0 Å². The van der Waals surface area contributed by atoms with Crippen LogP contribution in [0.1, 0.15) is 31.5 Å². The molecule has 0 bridgehead atoms. The fourth-order valence-corrected chi connectivity index (χ4v) is 2.15. The van der Waals surface area contributed by atoms with E-state index >= 15 is 0 Å². The second kappa shape index (κ2) is 7.18. The molecule has 0 aliphatic heterocycles. The van der Waals surface area contributed by atoms with Crippen molar-refractivity contribution in [3.8, 4) is 0 Å². The average molecular weight is 285 g/mol. The number of nitrogens with zero attached hydrogens (tertiary/aromatic N) is 1. The molecule has 0 spiro atoms. The van der Waals surface area contributed by atoms with Crippen LogP contribution in [0.4, 0.5) is 0 Å². The SMILES string of the molecule is CCCNC(=O)C(C)NCc1ccc2nc(C)ccc2c1. The summed E-state index contributed by atoms with van der Waals surface area (Å²) in [6.07, 6.45) is 0.954. The van der Waals surface area contributed by atoms with Crippen LogP contribution in [0.5, 0.6) is 0 Å². The summed E-state index contributed by atoms with van der Waals surface area (Å²) >= 11 is 0. The van der Waals surface area contributed by atoms with E-state index in [0.29, 0.717) is 6.54 Å². The zero-order valence-electron chi connectivity index (χ0n) is 12.9. The Morgan fingerprint density at radius 3 is 2.86 bits per heavy atom. The van der Waals surface area contributed by atoms with Gasteiger partial charge in [-0.25, -0.2) is 0 Å². The Hall–Kier alpha value is -1.94. The highest BCUT2D eigenvalue weighted by molar-refractivity contribution is 5.81. The summed E-state index contributed by atoms with van der Waals surface area (Å²) in [7, 11) is 0. The normalized spacial score (nSPS) is 12.3. The molecule has 0 aliphatic rings. The quantitative estimate of drug-likeness (QED) is 0.857. The highest BCUT2D eigenvalue weighted by Gasteiger charge is 2.11. The van der Waals surface area contributed by atoms with E-state index in [9.17, 15) is 4.79 Å². The van der Waals surface area contributed by atoms with Gasteiger partial charge >= 0.3 is 0 Å². The van der Waals surface area contributed by atoms with Gasteiger partial charge in [-0.3, -0.25) is 9.78 Å². The third-order valence-electron chi connectivity index (χ3n) is 3.45. The zero-order valence-corrected chi connectivity index (χ0v) is 12.9. The van der Waals surface area contributed by atoms with Crippen molar-refractivity contribution in [1.82, 2.24) is 15.6 Å². The first-order valence-corrected chi connectivity index (χ1v) is 7.47. The number of carbonyl (C=O) groups is 1. The van der Waals surface area contributed by atoms with Crippen molar-refractivity contribution in [2.24, 2.45) is 0 Å². The van der Waals surface area contributed by atoms with Gasteiger partial charge in [-0.15, -0.1) is 0 Å².